The Balaban J connectivity index is 3.20. The molecular weight excluding hydrogens is 170 g/mol. The van der Waals surface area contributed by atoms with Crippen LogP contribution in [0.3, 0.4) is 0 Å². The van der Waals surface area contributed by atoms with Crippen molar-refractivity contribution in [2.24, 2.45) is 5.92 Å². The van der Waals surface area contributed by atoms with Gasteiger partial charge in [-0.3, -0.25) is 0 Å². The number of rotatable bonds is 6. The third kappa shape index (κ3) is 6.95. The van der Waals surface area contributed by atoms with Gasteiger partial charge in [-0.15, -0.1) is 0 Å². The van der Waals surface area contributed by atoms with Crippen LogP contribution in [-0.2, 0) is 11.2 Å². The van der Waals surface area contributed by atoms with E-state index in [0.29, 0.717) is 12.0 Å². The fourth-order valence-corrected chi connectivity index (χ4v) is 1.39. The number of nitrogens with one attached hydrogen (secondary N) is 1. The van der Waals surface area contributed by atoms with Gasteiger partial charge in [0.1, 0.15) is 5.75 Å². The maximum Gasteiger partial charge on any atom is 0.106 e. The van der Waals surface area contributed by atoms with Crippen LogP contribution in [0, 0.1) is 5.92 Å². The molecule has 2 atom stereocenters. The average molecular weight is 191 g/mol. The molecule has 0 aliphatic carbocycles. The van der Waals surface area contributed by atoms with Crippen LogP contribution in [0.4, 0.5) is 0 Å². The first-order valence-corrected chi connectivity index (χ1v) is 6.30. The second kappa shape index (κ2) is 6.75. The van der Waals surface area contributed by atoms with Gasteiger partial charge >= 0.3 is 0 Å². The third-order valence-corrected chi connectivity index (χ3v) is 2.94. The molecule has 0 radical (unpaired) electrons. The lowest BCUT2D eigenvalue weighted by molar-refractivity contribution is 0.428. The highest BCUT2D eigenvalue weighted by Gasteiger charge is 2.05. The van der Waals surface area contributed by atoms with Crippen LogP contribution in [0.5, 0.6) is 0 Å². The van der Waals surface area contributed by atoms with E-state index in [4.69, 9.17) is 0 Å². The summed E-state index contributed by atoms with van der Waals surface area (Å²) < 4.78 is 10.7. The molecule has 0 rings (SSSR count). The molecule has 0 saturated carbocycles. The predicted molar refractivity (Wildman–Crippen MR) is 55.9 cm³/mol. The van der Waals surface area contributed by atoms with Crippen molar-refractivity contribution in [2.45, 2.75) is 33.2 Å². The van der Waals surface area contributed by atoms with E-state index in [1.165, 1.54) is 0 Å². The fourth-order valence-electron chi connectivity index (χ4n) is 0.841. The highest BCUT2D eigenvalue weighted by atomic mass is 32.2. The van der Waals surface area contributed by atoms with Crippen LogP contribution in [-0.4, -0.2) is 29.1 Å². The minimum atomic E-state index is -0.631. The molecule has 3 heteroatoms. The first-order valence-electron chi connectivity index (χ1n) is 4.57. The van der Waals surface area contributed by atoms with Crippen LogP contribution in [0.15, 0.2) is 0 Å². The van der Waals surface area contributed by atoms with Crippen molar-refractivity contribution < 1.29 is 4.55 Å². The Morgan fingerprint density at radius 1 is 1.33 bits per heavy atom. The Morgan fingerprint density at radius 2 is 1.92 bits per heavy atom. The number of hydrogen-bond donors (Lipinski definition) is 1. The van der Waals surface area contributed by atoms with Gasteiger partial charge in [0.2, 0.25) is 0 Å². The van der Waals surface area contributed by atoms with Crippen molar-refractivity contribution >= 4 is 11.2 Å². The van der Waals surface area contributed by atoms with Gasteiger partial charge in [0.15, 0.2) is 0 Å². The van der Waals surface area contributed by atoms with Crippen LogP contribution in [0.25, 0.3) is 0 Å². The molecule has 0 heterocycles. The Hall–Kier alpha value is 0.270. The maximum absolute atomic E-state index is 10.7. The smallest absolute Gasteiger partial charge is 0.106 e. The van der Waals surface area contributed by atoms with Gasteiger partial charge in [0.05, 0.1) is 6.26 Å². The topological polar surface area (TPSA) is 35.1 Å². The molecule has 0 aliphatic rings. The Morgan fingerprint density at radius 3 is 2.33 bits per heavy atom. The lowest BCUT2D eigenvalue weighted by Gasteiger charge is -2.17. The summed E-state index contributed by atoms with van der Waals surface area (Å²) in [5.74, 6) is 1.50. The molecule has 0 amide bonds. The lowest BCUT2D eigenvalue weighted by atomic mass is 10.1. The molecular formula is C9H21NOS. The molecule has 2 nitrogen and oxygen atoms in total. The molecule has 0 aliphatic heterocycles. The monoisotopic (exact) mass is 191 g/mol. The summed E-state index contributed by atoms with van der Waals surface area (Å²) in [7, 11) is 0. The van der Waals surface area contributed by atoms with E-state index in [1.807, 2.05) is 0 Å². The van der Waals surface area contributed by atoms with E-state index in [-0.39, 0.29) is 0 Å². The number of hydrogen-bond acceptors (Lipinski definition) is 2. The van der Waals surface area contributed by atoms with Gasteiger partial charge in [-0.1, -0.05) is 25.0 Å². The second-order valence-electron chi connectivity index (χ2n) is 3.62. The highest BCUT2D eigenvalue weighted by molar-refractivity contribution is 7.90. The molecule has 74 valence electrons. The van der Waals surface area contributed by atoms with Gasteiger partial charge in [-0.2, -0.15) is 0 Å². The Bertz CT molecular complexity index is 107. The minimum absolute atomic E-state index is 0.565. The third-order valence-electron chi connectivity index (χ3n) is 2.07. The van der Waals surface area contributed by atoms with Gasteiger partial charge in [0.25, 0.3) is 0 Å². The Labute approximate surface area is 79.3 Å². The summed E-state index contributed by atoms with van der Waals surface area (Å²) in [6.07, 6.45) is 2.77. The van der Waals surface area contributed by atoms with Crippen LogP contribution < -0.4 is 5.32 Å². The zero-order valence-corrected chi connectivity index (χ0v) is 9.41. The summed E-state index contributed by atoms with van der Waals surface area (Å²) in [5, 5.41) is 3.40. The molecule has 1 N–H and O–H groups in total. The van der Waals surface area contributed by atoms with Gasteiger partial charge in [-0.05, 0) is 19.4 Å². The van der Waals surface area contributed by atoms with E-state index in [9.17, 15) is 4.55 Å². The zero-order chi connectivity index (χ0) is 9.56. The van der Waals surface area contributed by atoms with E-state index in [2.05, 4.69) is 26.1 Å². The van der Waals surface area contributed by atoms with Crippen molar-refractivity contribution in [3.05, 3.63) is 0 Å². The van der Waals surface area contributed by atoms with Crippen LogP contribution in [0.1, 0.15) is 27.2 Å². The average Bonchev–Trinajstić information content (AvgIpc) is 1.97. The van der Waals surface area contributed by atoms with E-state index in [0.717, 1.165) is 18.7 Å². The van der Waals surface area contributed by atoms with Gasteiger partial charge in [0, 0.05) is 12.5 Å². The predicted octanol–water partition coefficient (Wildman–Crippen LogP) is 1.39. The van der Waals surface area contributed by atoms with Crippen molar-refractivity contribution in [2.75, 3.05) is 18.6 Å². The van der Waals surface area contributed by atoms with E-state index >= 15 is 0 Å². The van der Waals surface area contributed by atoms with E-state index in [1.54, 1.807) is 6.26 Å². The normalized spacial score (nSPS) is 16.5. The molecule has 0 aromatic carbocycles. The first-order chi connectivity index (χ1) is 5.54. The van der Waals surface area contributed by atoms with Crippen molar-refractivity contribution in [1.29, 1.82) is 0 Å². The highest BCUT2D eigenvalue weighted by Crippen LogP contribution is 1.99. The summed E-state index contributed by atoms with van der Waals surface area (Å²) in [5.41, 5.74) is 0. The summed E-state index contributed by atoms with van der Waals surface area (Å²) >= 11 is -0.631. The standard InChI is InChI=1S/C9H21NOS/c1-8(2)9(3)10-6-5-7-12(4)11/h8-10H,5-7H2,1-4H3. The molecule has 0 saturated heterocycles. The van der Waals surface area contributed by atoms with Crippen molar-refractivity contribution in [1.82, 2.24) is 5.32 Å². The summed E-state index contributed by atoms with van der Waals surface area (Å²) in [6.45, 7) is 7.58. The molecule has 0 aromatic rings. The molecule has 0 fully saturated rings. The first kappa shape index (κ1) is 12.3. The maximum atomic E-state index is 10.7. The molecule has 0 spiro atoms. The van der Waals surface area contributed by atoms with Gasteiger partial charge < -0.3 is 9.87 Å². The molecule has 0 aromatic heterocycles. The summed E-state index contributed by atoms with van der Waals surface area (Å²) in [4.78, 5) is 0. The fraction of sp³-hybridized carbons (Fsp3) is 1.00. The van der Waals surface area contributed by atoms with Crippen molar-refractivity contribution in [3.8, 4) is 0 Å². The summed E-state index contributed by atoms with van der Waals surface area (Å²) in [6, 6.07) is 0.565. The second-order valence-corrected chi connectivity index (χ2v) is 5.17. The largest absolute Gasteiger partial charge is 0.617 e. The van der Waals surface area contributed by atoms with Crippen molar-refractivity contribution in [3.63, 3.8) is 0 Å². The molecule has 0 bridgehead atoms. The zero-order valence-electron chi connectivity index (χ0n) is 8.59. The minimum Gasteiger partial charge on any atom is -0.617 e. The molecule has 12 heavy (non-hydrogen) atoms. The SMILES string of the molecule is CC(C)C(C)NCCC[S+](C)[O-]. The molecule has 2 unspecified atom stereocenters. The lowest BCUT2D eigenvalue weighted by Crippen LogP contribution is -2.32. The van der Waals surface area contributed by atoms with Crippen LogP contribution in [0.2, 0.25) is 0 Å². The van der Waals surface area contributed by atoms with E-state index < -0.39 is 11.2 Å². The van der Waals surface area contributed by atoms with Crippen LogP contribution >= 0.6 is 0 Å². The quantitative estimate of drug-likeness (QED) is 0.508. The Kier molecular flexibility index (Phi) is 6.90. The van der Waals surface area contributed by atoms with Gasteiger partial charge in [-0.25, -0.2) is 0 Å².